The van der Waals surface area contributed by atoms with Crippen LogP contribution in [0.5, 0.6) is 11.5 Å². The third-order valence-electron chi connectivity index (χ3n) is 6.26. The molecule has 0 fully saturated rings. The zero-order valence-corrected chi connectivity index (χ0v) is 21.1. The number of aromatic hydroxyl groups is 2. The minimum atomic E-state index is -0.604. The lowest BCUT2D eigenvalue weighted by atomic mass is 9.77. The van der Waals surface area contributed by atoms with Crippen LogP contribution in [0.15, 0.2) is 94.9 Å². The third-order valence-corrected chi connectivity index (χ3v) is 6.26. The van der Waals surface area contributed by atoms with Crippen LogP contribution in [0.3, 0.4) is 0 Å². The van der Waals surface area contributed by atoms with E-state index in [0.717, 1.165) is 11.1 Å². The molecule has 0 aromatic heterocycles. The molecule has 4 rings (SSSR count). The molecule has 10 nitrogen and oxygen atoms in total. The number of hydrogen-bond donors (Lipinski definition) is 2. The van der Waals surface area contributed by atoms with E-state index in [1.165, 1.54) is 48.8 Å². The van der Waals surface area contributed by atoms with Crippen LogP contribution >= 0.6 is 0 Å². The van der Waals surface area contributed by atoms with Crippen molar-refractivity contribution < 1.29 is 20.1 Å². The maximum absolute atomic E-state index is 11.0. The minimum absolute atomic E-state index is 0.0517. The van der Waals surface area contributed by atoms with E-state index in [9.17, 15) is 30.4 Å². The molecule has 0 unspecified atom stereocenters. The molecule has 0 heterocycles. The summed E-state index contributed by atoms with van der Waals surface area (Å²) in [5.41, 5.74) is 2.49. The molecule has 0 aliphatic rings. The highest BCUT2D eigenvalue weighted by Crippen LogP contribution is 2.39. The first kappa shape index (κ1) is 26.7. The Labute approximate surface area is 223 Å². The first-order chi connectivity index (χ1) is 18.5. The molecule has 196 valence electrons. The second kappa shape index (κ2) is 10.9. The fourth-order valence-electron chi connectivity index (χ4n) is 3.92. The third kappa shape index (κ3) is 6.13. The summed E-state index contributed by atoms with van der Waals surface area (Å²) < 4.78 is 0. The standard InChI is InChI=1S/C29H24N4O6/c1-29(2,21-9-11-27(34)25(15-21)30-17-19-5-3-7-23(13-19)32(36)37)22-10-12-28(35)26(16-22)31-18-20-6-4-8-24(14-20)33(38)39/h3-18,34-35H,1-2H3. The maximum atomic E-state index is 11.0. The number of phenols is 2. The summed E-state index contributed by atoms with van der Waals surface area (Å²) >= 11 is 0. The van der Waals surface area contributed by atoms with Crippen LogP contribution in [0.1, 0.15) is 36.1 Å². The van der Waals surface area contributed by atoms with Crippen LogP contribution in [-0.2, 0) is 5.41 Å². The fourth-order valence-corrected chi connectivity index (χ4v) is 3.92. The van der Waals surface area contributed by atoms with Gasteiger partial charge in [0.05, 0.1) is 9.85 Å². The van der Waals surface area contributed by atoms with Gasteiger partial charge in [-0.1, -0.05) is 50.2 Å². The predicted octanol–water partition coefficient (Wildman–Crippen LogP) is 6.74. The average molecular weight is 525 g/mol. The number of rotatable bonds is 8. The van der Waals surface area contributed by atoms with E-state index in [1.54, 1.807) is 48.5 Å². The summed E-state index contributed by atoms with van der Waals surface area (Å²) in [6, 6.07) is 22.0. The lowest BCUT2D eigenvalue weighted by molar-refractivity contribution is -0.385. The first-order valence-electron chi connectivity index (χ1n) is 11.8. The van der Waals surface area contributed by atoms with Gasteiger partial charge < -0.3 is 10.2 Å². The number of aliphatic imine (C=N–C) groups is 2. The quantitative estimate of drug-likeness (QED) is 0.148. The number of phenolic OH excluding ortho intramolecular Hbond substituents is 2. The first-order valence-corrected chi connectivity index (χ1v) is 11.8. The molecule has 0 bridgehead atoms. The van der Waals surface area contributed by atoms with Gasteiger partial charge in [0.25, 0.3) is 11.4 Å². The monoisotopic (exact) mass is 524 g/mol. The number of non-ortho nitro benzene ring substituents is 2. The summed E-state index contributed by atoms with van der Waals surface area (Å²) in [6.07, 6.45) is 2.89. The van der Waals surface area contributed by atoms with E-state index in [1.807, 2.05) is 13.8 Å². The molecular formula is C29H24N4O6. The largest absolute Gasteiger partial charge is 0.506 e. The van der Waals surface area contributed by atoms with Crippen molar-refractivity contribution in [3.63, 3.8) is 0 Å². The van der Waals surface area contributed by atoms with Gasteiger partial charge in [-0.25, -0.2) is 0 Å². The van der Waals surface area contributed by atoms with Crippen molar-refractivity contribution in [3.05, 3.63) is 127 Å². The lowest BCUT2D eigenvalue weighted by Crippen LogP contribution is -2.18. The highest BCUT2D eigenvalue weighted by atomic mass is 16.6. The topological polar surface area (TPSA) is 151 Å². The molecule has 0 radical (unpaired) electrons. The van der Waals surface area contributed by atoms with Gasteiger partial charge in [-0.05, 0) is 46.5 Å². The summed E-state index contributed by atoms with van der Waals surface area (Å²) in [6.45, 7) is 3.93. The van der Waals surface area contributed by atoms with Crippen LogP contribution in [0, 0.1) is 20.2 Å². The molecule has 4 aromatic rings. The van der Waals surface area contributed by atoms with Crippen molar-refractivity contribution in [2.24, 2.45) is 9.98 Å². The van der Waals surface area contributed by atoms with E-state index < -0.39 is 15.3 Å². The number of nitro benzene ring substituents is 2. The van der Waals surface area contributed by atoms with Crippen LogP contribution in [0.25, 0.3) is 0 Å². The Morgan fingerprint density at radius 1 is 0.667 bits per heavy atom. The minimum Gasteiger partial charge on any atom is -0.506 e. The predicted molar refractivity (Wildman–Crippen MR) is 149 cm³/mol. The zero-order valence-electron chi connectivity index (χ0n) is 21.1. The van der Waals surface area contributed by atoms with Crippen molar-refractivity contribution in [2.75, 3.05) is 0 Å². The maximum Gasteiger partial charge on any atom is 0.270 e. The molecule has 2 N–H and O–H groups in total. The number of nitro groups is 2. The van der Waals surface area contributed by atoms with E-state index in [4.69, 9.17) is 0 Å². The van der Waals surface area contributed by atoms with E-state index in [-0.39, 0.29) is 34.2 Å². The Morgan fingerprint density at radius 3 is 1.46 bits per heavy atom. The summed E-state index contributed by atoms with van der Waals surface area (Å²) in [4.78, 5) is 29.8. The second-order valence-corrected chi connectivity index (χ2v) is 9.25. The molecular weight excluding hydrogens is 500 g/mol. The van der Waals surface area contributed by atoms with Crippen LogP contribution in [0.4, 0.5) is 22.7 Å². The fraction of sp³-hybridized carbons (Fsp3) is 0.103. The summed E-state index contributed by atoms with van der Waals surface area (Å²) in [5, 5.41) is 42.9. The molecule has 10 heteroatoms. The van der Waals surface area contributed by atoms with Gasteiger partial charge in [-0.2, -0.15) is 0 Å². The Morgan fingerprint density at radius 2 is 1.08 bits per heavy atom. The van der Waals surface area contributed by atoms with Crippen LogP contribution in [-0.4, -0.2) is 32.5 Å². The van der Waals surface area contributed by atoms with Crippen molar-refractivity contribution >= 4 is 35.2 Å². The zero-order chi connectivity index (χ0) is 28.2. The highest BCUT2D eigenvalue weighted by Gasteiger charge is 2.25. The van der Waals surface area contributed by atoms with Crippen molar-refractivity contribution in [3.8, 4) is 11.5 Å². The second-order valence-electron chi connectivity index (χ2n) is 9.25. The van der Waals surface area contributed by atoms with Crippen molar-refractivity contribution in [1.29, 1.82) is 0 Å². The molecule has 0 saturated heterocycles. The van der Waals surface area contributed by atoms with Crippen molar-refractivity contribution in [2.45, 2.75) is 19.3 Å². The van der Waals surface area contributed by atoms with Crippen molar-refractivity contribution in [1.82, 2.24) is 0 Å². The molecule has 0 aliphatic carbocycles. The normalized spacial score (nSPS) is 11.7. The molecule has 0 spiro atoms. The van der Waals surface area contributed by atoms with Gasteiger partial charge in [0.2, 0.25) is 0 Å². The number of benzene rings is 4. The molecule has 4 aromatic carbocycles. The average Bonchev–Trinajstić information content (AvgIpc) is 2.92. The molecule has 0 atom stereocenters. The summed E-state index contributed by atoms with van der Waals surface area (Å²) in [7, 11) is 0. The molecule has 0 aliphatic heterocycles. The van der Waals surface area contributed by atoms with E-state index in [2.05, 4.69) is 9.98 Å². The van der Waals surface area contributed by atoms with E-state index in [0.29, 0.717) is 11.1 Å². The van der Waals surface area contributed by atoms with E-state index >= 15 is 0 Å². The van der Waals surface area contributed by atoms with Gasteiger partial charge >= 0.3 is 0 Å². The Hall–Kier alpha value is -5.38. The molecule has 39 heavy (non-hydrogen) atoms. The number of hydrogen-bond acceptors (Lipinski definition) is 8. The molecule has 0 amide bonds. The van der Waals surface area contributed by atoms with Crippen LogP contribution < -0.4 is 0 Å². The highest BCUT2D eigenvalue weighted by molar-refractivity contribution is 5.84. The van der Waals surface area contributed by atoms with Gasteiger partial charge in [-0.3, -0.25) is 30.2 Å². The van der Waals surface area contributed by atoms with Crippen LogP contribution in [0.2, 0.25) is 0 Å². The summed E-state index contributed by atoms with van der Waals surface area (Å²) in [5.74, 6) is -0.103. The Balaban J connectivity index is 1.64. The van der Waals surface area contributed by atoms with Gasteiger partial charge in [-0.15, -0.1) is 0 Å². The Bertz CT molecular complexity index is 1510. The lowest BCUT2D eigenvalue weighted by Gasteiger charge is -2.27. The molecule has 0 saturated carbocycles. The smallest absolute Gasteiger partial charge is 0.270 e. The van der Waals surface area contributed by atoms with Gasteiger partial charge in [0, 0.05) is 42.1 Å². The van der Waals surface area contributed by atoms with Gasteiger partial charge in [0.15, 0.2) is 0 Å². The Kier molecular flexibility index (Phi) is 7.48. The SMILES string of the molecule is CC(C)(c1ccc(O)c(N=Cc2cccc([N+](=O)[O-])c2)c1)c1ccc(O)c(N=Cc2cccc([N+](=O)[O-])c2)c1. The number of nitrogens with zero attached hydrogens (tertiary/aromatic N) is 4. The van der Waals surface area contributed by atoms with Gasteiger partial charge in [0.1, 0.15) is 22.9 Å².